The largest absolute Gasteiger partial charge is 0.492 e. The summed E-state index contributed by atoms with van der Waals surface area (Å²) in [5.41, 5.74) is 4.54. The normalized spacial score (nSPS) is 16.2. The summed E-state index contributed by atoms with van der Waals surface area (Å²) in [7, 11) is 0. The summed E-state index contributed by atoms with van der Waals surface area (Å²) in [5.74, 6) is 0.420. The van der Waals surface area contributed by atoms with Crippen molar-refractivity contribution in [1.29, 1.82) is 0 Å². The Balaban J connectivity index is 1.21. The zero-order valence-electron chi connectivity index (χ0n) is 21.3. The van der Waals surface area contributed by atoms with Crippen molar-refractivity contribution in [2.75, 3.05) is 24.6 Å². The van der Waals surface area contributed by atoms with E-state index in [4.69, 9.17) is 9.72 Å². The molecule has 0 bridgehead atoms. The molecule has 0 saturated carbocycles. The third kappa shape index (κ3) is 5.07. The first kappa shape index (κ1) is 25.3. The third-order valence-electron chi connectivity index (χ3n) is 6.74. The van der Waals surface area contributed by atoms with Crippen LogP contribution in [-0.2, 0) is 0 Å². The number of anilines is 1. The molecular formula is C28H27F2N7OS. The topological polar surface area (TPSA) is 83.4 Å². The van der Waals surface area contributed by atoms with Gasteiger partial charge in [-0.25, -0.2) is 18.3 Å². The number of hydrogen-bond acceptors (Lipinski definition) is 7. The SMILES string of the molecule is C=C1C[C@@H](NSc2c(F)cccc2F)CCN(c2ccc(-c3cc(OCC)cn4nc5[nH]ncc5c34)cn2)C1. The maximum Gasteiger partial charge on any atom is 0.178 e. The van der Waals surface area contributed by atoms with Gasteiger partial charge in [-0.3, -0.25) is 9.82 Å². The summed E-state index contributed by atoms with van der Waals surface area (Å²) in [6.07, 6.45) is 6.98. The van der Waals surface area contributed by atoms with Gasteiger partial charge in [0.15, 0.2) is 5.65 Å². The van der Waals surface area contributed by atoms with Crippen LogP contribution < -0.4 is 14.4 Å². The van der Waals surface area contributed by atoms with Gasteiger partial charge >= 0.3 is 0 Å². The number of halogens is 2. The van der Waals surface area contributed by atoms with Crippen LogP contribution in [0.1, 0.15) is 19.8 Å². The minimum absolute atomic E-state index is 0.0186. The van der Waals surface area contributed by atoms with Crippen molar-refractivity contribution in [3.8, 4) is 16.9 Å². The van der Waals surface area contributed by atoms with Crippen molar-refractivity contribution in [1.82, 2.24) is 29.5 Å². The first-order chi connectivity index (χ1) is 19.0. The van der Waals surface area contributed by atoms with E-state index in [1.807, 2.05) is 42.0 Å². The maximum atomic E-state index is 14.0. The van der Waals surface area contributed by atoms with Crippen LogP contribution in [0.25, 0.3) is 27.7 Å². The van der Waals surface area contributed by atoms with Gasteiger partial charge in [0.2, 0.25) is 0 Å². The molecule has 0 spiro atoms. The van der Waals surface area contributed by atoms with Gasteiger partial charge in [-0.2, -0.15) is 5.10 Å². The second-order valence-electron chi connectivity index (χ2n) is 9.49. The molecule has 39 heavy (non-hydrogen) atoms. The van der Waals surface area contributed by atoms with E-state index >= 15 is 0 Å². The summed E-state index contributed by atoms with van der Waals surface area (Å²) < 4.78 is 38.9. The number of H-pyrrole nitrogens is 1. The van der Waals surface area contributed by atoms with Crippen molar-refractivity contribution >= 4 is 34.3 Å². The lowest BCUT2D eigenvalue weighted by molar-refractivity contribution is 0.338. The fourth-order valence-corrected chi connectivity index (χ4v) is 5.75. The Morgan fingerprint density at radius 1 is 1.21 bits per heavy atom. The molecule has 5 aromatic rings. The van der Waals surface area contributed by atoms with Crippen LogP contribution in [-0.4, -0.2) is 50.5 Å². The summed E-state index contributed by atoms with van der Waals surface area (Å²) in [6.45, 7) is 8.12. The summed E-state index contributed by atoms with van der Waals surface area (Å²) >= 11 is 0.996. The second-order valence-corrected chi connectivity index (χ2v) is 10.3. The second kappa shape index (κ2) is 10.7. The Morgan fingerprint density at radius 3 is 2.82 bits per heavy atom. The van der Waals surface area contributed by atoms with E-state index in [-0.39, 0.29) is 10.9 Å². The summed E-state index contributed by atoms with van der Waals surface area (Å²) in [6, 6.07) is 9.98. The standard InChI is InChI=1S/C28H27F2N7OS/c1-3-38-20-12-21(26-22-14-32-33-28(22)34-37(26)16-20)18-7-8-25(31-13-18)36-10-9-19(11-17(2)15-36)35-39-27-23(29)5-4-6-24(27)30/h4-8,12-14,16,19,35H,2-3,9-11,15H2,1H3,(H,33,34)/t19-/m0/s1. The fraction of sp³-hybridized carbons (Fsp3) is 0.250. The molecule has 8 nitrogen and oxygen atoms in total. The number of ether oxygens (including phenoxy) is 1. The minimum Gasteiger partial charge on any atom is -0.492 e. The predicted octanol–water partition coefficient (Wildman–Crippen LogP) is 5.77. The average molecular weight is 548 g/mol. The summed E-state index contributed by atoms with van der Waals surface area (Å²) in [5, 5.41) is 12.6. The fourth-order valence-electron chi connectivity index (χ4n) is 4.93. The Hall–Kier alpha value is -3.96. The number of aromatic nitrogens is 5. The van der Waals surface area contributed by atoms with Crippen LogP contribution >= 0.6 is 11.9 Å². The van der Waals surface area contributed by atoms with Crippen LogP contribution in [0.5, 0.6) is 5.75 Å². The van der Waals surface area contributed by atoms with Crippen LogP contribution in [0.15, 0.2) is 72.0 Å². The molecule has 1 aliphatic heterocycles. The molecule has 2 N–H and O–H groups in total. The zero-order valence-corrected chi connectivity index (χ0v) is 22.1. The van der Waals surface area contributed by atoms with Crippen LogP contribution in [0.3, 0.4) is 0 Å². The predicted molar refractivity (Wildman–Crippen MR) is 149 cm³/mol. The number of pyridine rings is 2. The lowest BCUT2D eigenvalue weighted by atomic mass is 10.1. The molecule has 1 saturated heterocycles. The van der Waals surface area contributed by atoms with Gasteiger partial charge in [0.1, 0.15) is 23.2 Å². The molecule has 5 heterocycles. The molecule has 4 aromatic heterocycles. The van der Waals surface area contributed by atoms with Gasteiger partial charge in [-0.05, 0) is 62.0 Å². The van der Waals surface area contributed by atoms with Gasteiger partial charge in [0.05, 0.1) is 34.8 Å². The monoisotopic (exact) mass is 547 g/mol. The number of nitrogens with one attached hydrogen (secondary N) is 2. The van der Waals surface area contributed by atoms with Crippen LogP contribution in [0.2, 0.25) is 0 Å². The highest BCUT2D eigenvalue weighted by atomic mass is 32.2. The molecule has 0 aliphatic carbocycles. The van der Waals surface area contributed by atoms with E-state index in [0.717, 1.165) is 64.1 Å². The van der Waals surface area contributed by atoms with Gasteiger partial charge in [-0.1, -0.05) is 18.2 Å². The first-order valence-corrected chi connectivity index (χ1v) is 13.5. The molecule has 200 valence electrons. The van der Waals surface area contributed by atoms with Crippen molar-refractivity contribution in [2.24, 2.45) is 0 Å². The van der Waals surface area contributed by atoms with Crippen LogP contribution in [0, 0.1) is 11.6 Å². The molecule has 1 atom stereocenters. The Kier molecular flexibility index (Phi) is 6.92. The minimum atomic E-state index is -0.570. The summed E-state index contributed by atoms with van der Waals surface area (Å²) in [4.78, 5) is 6.96. The quantitative estimate of drug-likeness (QED) is 0.198. The van der Waals surface area contributed by atoms with E-state index in [0.29, 0.717) is 25.2 Å². The van der Waals surface area contributed by atoms with E-state index in [1.54, 1.807) is 6.20 Å². The van der Waals surface area contributed by atoms with E-state index < -0.39 is 11.6 Å². The van der Waals surface area contributed by atoms with Gasteiger partial charge in [-0.15, -0.1) is 5.10 Å². The van der Waals surface area contributed by atoms with E-state index in [2.05, 4.69) is 31.5 Å². The zero-order chi connectivity index (χ0) is 26.9. The molecule has 1 aromatic carbocycles. The Labute approximate surface area is 228 Å². The molecule has 0 radical (unpaired) electrons. The maximum absolute atomic E-state index is 14.0. The lowest BCUT2D eigenvalue weighted by Gasteiger charge is -2.22. The number of aromatic amines is 1. The molecule has 1 aliphatic rings. The van der Waals surface area contributed by atoms with E-state index in [9.17, 15) is 8.78 Å². The lowest BCUT2D eigenvalue weighted by Crippen LogP contribution is -2.28. The average Bonchev–Trinajstić information content (AvgIpc) is 3.46. The van der Waals surface area contributed by atoms with Crippen molar-refractivity contribution in [3.63, 3.8) is 0 Å². The van der Waals surface area contributed by atoms with Gasteiger partial charge in [0, 0.05) is 36.5 Å². The number of fused-ring (bicyclic) bond motifs is 3. The Bertz CT molecular complexity index is 1630. The highest BCUT2D eigenvalue weighted by Crippen LogP contribution is 2.34. The smallest absolute Gasteiger partial charge is 0.178 e. The number of hydrogen-bond donors (Lipinski definition) is 2. The highest BCUT2D eigenvalue weighted by molar-refractivity contribution is 7.97. The molecule has 1 fully saturated rings. The van der Waals surface area contributed by atoms with Gasteiger partial charge < -0.3 is 9.64 Å². The molecule has 0 unspecified atom stereocenters. The third-order valence-corrected chi connectivity index (χ3v) is 7.79. The first-order valence-electron chi connectivity index (χ1n) is 12.7. The number of benzene rings is 1. The molecular weight excluding hydrogens is 520 g/mol. The molecule has 0 amide bonds. The van der Waals surface area contributed by atoms with Crippen LogP contribution in [0.4, 0.5) is 14.6 Å². The Morgan fingerprint density at radius 2 is 2.05 bits per heavy atom. The van der Waals surface area contributed by atoms with Crippen molar-refractivity contribution in [2.45, 2.75) is 30.7 Å². The van der Waals surface area contributed by atoms with Crippen molar-refractivity contribution in [3.05, 3.63) is 78.8 Å². The van der Waals surface area contributed by atoms with Crippen molar-refractivity contribution < 1.29 is 13.5 Å². The highest BCUT2D eigenvalue weighted by Gasteiger charge is 2.22. The number of nitrogens with zero attached hydrogens (tertiary/aromatic N) is 5. The van der Waals surface area contributed by atoms with E-state index in [1.165, 1.54) is 18.2 Å². The van der Waals surface area contributed by atoms with Gasteiger partial charge in [0.25, 0.3) is 0 Å². The number of rotatable bonds is 7. The molecule has 11 heteroatoms. The molecule has 6 rings (SSSR count).